The summed E-state index contributed by atoms with van der Waals surface area (Å²) in [6.07, 6.45) is 5.83. The maximum atomic E-state index is 6.54. The first-order chi connectivity index (χ1) is 32.1. The fraction of sp³-hybridized carbons (Fsp3) is 0.0645. The zero-order valence-electron chi connectivity index (χ0n) is 36.0. The highest BCUT2D eigenvalue weighted by molar-refractivity contribution is 6.11. The summed E-state index contributed by atoms with van der Waals surface area (Å²) >= 11 is 0. The maximum absolute atomic E-state index is 6.54. The summed E-state index contributed by atoms with van der Waals surface area (Å²) in [5.74, 6) is 0.456. The zero-order valence-corrected chi connectivity index (χ0v) is 36.0. The number of hydrogen-bond acceptors (Lipinski definition) is 2. The molecule has 2 heterocycles. The van der Waals surface area contributed by atoms with Crippen molar-refractivity contribution in [3.05, 3.63) is 258 Å². The number of aromatic nitrogens is 1. The Bertz CT molecular complexity index is 3650. The minimum absolute atomic E-state index is 0.456. The van der Waals surface area contributed by atoms with E-state index in [0.717, 1.165) is 51.1 Å². The molecule has 308 valence electrons. The molecule has 0 N–H and O–H groups in total. The van der Waals surface area contributed by atoms with Crippen molar-refractivity contribution in [1.29, 1.82) is 0 Å². The van der Waals surface area contributed by atoms with E-state index < -0.39 is 5.41 Å². The number of nitrogens with zero attached hydrogens (tertiary/aromatic N) is 2. The van der Waals surface area contributed by atoms with Crippen LogP contribution in [-0.2, 0) is 5.41 Å². The molecule has 1 unspecified atom stereocenters. The topological polar surface area (TPSA) is 21.3 Å². The molecule has 2 aliphatic rings. The number of fused-ring (bicyclic) bond motifs is 8. The SMILES string of the molecule is CC1C=CC2=C(C1)c1ccc(N(c3ccc(-c4ccc5c(c4)c4ccccc4n5-c4ccccc4)cc3)c3ccc4c(c3)oc3ccccc34)cc1C2(c1ccccc1)c1ccccc1. The van der Waals surface area contributed by atoms with Crippen molar-refractivity contribution in [3.8, 4) is 16.8 Å². The lowest BCUT2D eigenvalue weighted by Gasteiger charge is -2.36. The predicted octanol–water partition coefficient (Wildman–Crippen LogP) is 16.5. The van der Waals surface area contributed by atoms with Gasteiger partial charge in [-0.3, -0.25) is 0 Å². The van der Waals surface area contributed by atoms with Gasteiger partial charge in [-0.2, -0.15) is 0 Å². The van der Waals surface area contributed by atoms with Gasteiger partial charge in [0.25, 0.3) is 0 Å². The molecule has 0 amide bonds. The maximum Gasteiger partial charge on any atom is 0.137 e. The third-order valence-electron chi connectivity index (χ3n) is 14.0. The van der Waals surface area contributed by atoms with Crippen molar-refractivity contribution in [3.63, 3.8) is 0 Å². The van der Waals surface area contributed by atoms with Crippen LogP contribution in [0.1, 0.15) is 35.6 Å². The van der Waals surface area contributed by atoms with Crippen LogP contribution in [-0.4, -0.2) is 4.57 Å². The average Bonchev–Trinajstić information content (AvgIpc) is 4.00. The van der Waals surface area contributed by atoms with Gasteiger partial charge in [0.15, 0.2) is 0 Å². The number of hydrogen-bond donors (Lipinski definition) is 0. The lowest BCUT2D eigenvalue weighted by atomic mass is 9.66. The van der Waals surface area contributed by atoms with Crippen molar-refractivity contribution in [2.75, 3.05) is 4.90 Å². The second-order valence-corrected chi connectivity index (χ2v) is 17.7. The van der Waals surface area contributed by atoms with Crippen molar-refractivity contribution < 1.29 is 4.42 Å². The van der Waals surface area contributed by atoms with E-state index in [-0.39, 0.29) is 0 Å². The van der Waals surface area contributed by atoms with Crippen LogP contribution in [0.25, 0.3) is 66.1 Å². The molecular formula is C62H44N2O. The Morgan fingerprint density at radius 2 is 1.09 bits per heavy atom. The van der Waals surface area contributed by atoms with Gasteiger partial charge in [-0.15, -0.1) is 0 Å². The molecule has 3 nitrogen and oxygen atoms in total. The summed E-state index contributed by atoms with van der Waals surface area (Å²) in [6.45, 7) is 2.33. The quantitative estimate of drug-likeness (QED) is 0.160. The number of para-hydroxylation sites is 3. The van der Waals surface area contributed by atoms with Gasteiger partial charge in [-0.25, -0.2) is 0 Å². The van der Waals surface area contributed by atoms with Crippen LogP contribution >= 0.6 is 0 Å². The van der Waals surface area contributed by atoms with E-state index in [1.54, 1.807) is 0 Å². The lowest BCUT2D eigenvalue weighted by Crippen LogP contribution is -2.30. The minimum atomic E-state index is -0.486. The van der Waals surface area contributed by atoms with Crippen LogP contribution in [0.3, 0.4) is 0 Å². The predicted molar refractivity (Wildman–Crippen MR) is 271 cm³/mol. The van der Waals surface area contributed by atoms with Crippen molar-refractivity contribution in [1.82, 2.24) is 4.57 Å². The van der Waals surface area contributed by atoms with Crippen LogP contribution in [0, 0.1) is 5.92 Å². The number of allylic oxidation sites excluding steroid dienone is 4. The summed E-state index contributed by atoms with van der Waals surface area (Å²) in [4.78, 5) is 2.41. The van der Waals surface area contributed by atoms with Crippen LogP contribution in [0.4, 0.5) is 17.1 Å². The Balaban J connectivity index is 0.989. The minimum Gasteiger partial charge on any atom is -0.456 e. The summed E-state index contributed by atoms with van der Waals surface area (Å²) in [5.41, 5.74) is 18.4. The first-order valence-electron chi connectivity index (χ1n) is 22.7. The highest BCUT2D eigenvalue weighted by Crippen LogP contribution is 2.58. The summed E-state index contributed by atoms with van der Waals surface area (Å²) in [7, 11) is 0. The fourth-order valence-corrected chi connectivity index (χ4v) is 11.1. The zero-order chi connectivity index (χ0) is 43.1. The third kappa shape index (κ3) is 5.75. The van der Waals surface area contributed by atoms with Crippen LogP contribution in [0.5, 0.6) is 0 Å². The van der Waals surface area contributed by atoms with Crippen molar-refractivity contribution in [2.24, 2.45) is 5.92 Å². The van der Waals surface area contributed by atoms with Crippen LogP contribution in [0.15, 0.2) is 241 Å². The number of furan rings is 1. The molecule has 0 saturated carbocycles. The van der Waals surface area contributed by atoms with E-state index in [9.17, 15) is 0 Å². The molecule has 1 atom stereocenters. The molecule has 0 saturated heterocycles. The Kier molecular flexibility index (Phi) is 8.48. The molecule has 0 fully saturated rings. The van der Waals surface area contributed by atoms with E-state index in [0.29, 0.717) is 5.92 Å². The molecule has 11 aromatic rings. The first-order valence-corrected chi connectivity index (χ1v) is 22.7. The fourth-order valence-electron chi connectivity index (χ4n) is 11.1. The van der Waals surface area contributed by atoms with E-state index >= 15 is 0 Å². The highest BCUT2D eigenvalue weighted by Gasteiger charge is 2.48. The van der Waals surface area contributed by atoms with E-state index in [1.807, 2.05) is 6.07 Å². The molecule has 13 rings (SSSR count). The van der Waals surface area contributed by atoms with Gasteiger partial charge in [-0.1, -0.05) is 159 Å². The van der Waals surface area contributed by atoms with E-state index in [4.69, 9.17) is 4.42 Å². The monoisotopic (exact) mass is 832 g/mol. The summed E-state index contributed by atoms with van der Waals surface area (Å²) in [5, 5.41) is 4.73. The molecule has 2 aliphatic carbocycles. The van der Waals surface area contributed by atoms with Gasteiger partial charge in [0.2, 0.25) is 0 Å². The van der Waals surface area contributed by atoms with Crippen molar-refractivity contribution in [2.45, 2.75) is 18.8 Å². The standard InChI is InChI=1S/C62H44N2O/c1-41-25-35-56-54(37-41)50-33-31-48(39-57(50)62(56,44-15-5-2-6-16-44)45-17-7-3-8-18-45)63(49-32-34-53-52-22-12-14-24-60(52)65-61(53)40-49)47-29-26-42(27-30-47)43-28-36-59-55(38-43)51-21-11-13-23-58(51)64(59)46-19-9-4-10-20-46/h2-36,38-41H,37H2,1H3. The molecule has 9 aromatic carbocycles. The summed E-state index contributed by atoms with van der Waals surface area (Å²) in [6, 6.07) is 79.8. The van der Waals surface area contributed by atoms with Crippen molar-refractivity contribution >= 4 is 66.4 Å². The van der Waals surface area contributed by atoms with Crippen LogP contribution < -0.4 is 4.90 Å². The van der Waals surface area contributed by atoms with Gasteiger partial charge >= 0.3 is 0 Å². The Morgan fingerprint density at radius 3 is 1.86 bits per heavy atom. The number of anilines is 3. The Hall–Kier alpha value is -8.14. The largest absolute Gasteiger partial charge is 0.456 e. The molecule has 3 heteroatoms. The van der Waals surface area contributed by atoms with Crippen LogP contribution in [0.2, 0.25) is 0 Å². The molecule has 2 aromatic heterocycles. The lowest BCUT2D eigenvalue weighted by molar-refractivity contribution is 0.669. The van der Waals surface area contributed by atoms with Gasteiger partial charge in [0, 0.05) is 50.4 Å². The second-order valence-electron chi connectivity index (χ2n) is 17.7. The second kappa shape index (κ2) is 14.7. The smallest absolute Gasteiger partial charge is 0.137 e. The van der Waals surface area contributed by atoms with E-state index in [2.05, 4.69) is 241 Å². The number of benzene rings is 9. The number of rotatable bonds is 7. The molecule has 0 spiro atoms. The van der Waals surface area contributed by atoms with Gasteiger partial charge < -0.3 is 13.9 Å². The molecular weight excluding hydrogens is 789 g/mol. The van der Waals surface area contributed by atoms with Gasteiger partial charge in [0.05, 0.1) is 16.4 Å². The highest BCUT2D eigenvalue weighted by atomic mass is 16.3. The summed E-state index contributed by atoms with van der Waals surface area (Å²) < 4.78 is 8.91. The average molecular weight is 833 g/mol. The Morgan fingerprint density at radius 1 is 0.492 bits per heavy atom. The first kappa shape index (κ1) is 37.4. The molecule has 0 aliphatic heterocycles. The normalized spacial score (nSPS) is 15.2. The van der Waals surface area contributed by atoms with Gasteiger partial charge in [0.1, 0.15) is 11.2 Å². The molecule has 0 radical (unpaired) electrons. The molecule has 0 bridgehead atoms. The molecule has 65 heavy (non-hydrogen) atoms. The third-order valence-corrected chi connectivity index (χ3v) is 14.0. The Labute approximate surface area is 378 Å². The van der Waals surface area contributed by atoms with E-state index in [1.165, 1.54) is 66.3 Å². The van der Waals surface area contributed by atoms with Gasteiger partial charge in [-0.05, 0) is 130 Å².